The van der Waals surface area contributed by atoms with E-state index >= 15 is 0 Å². The van der Waals surface area contributed by atoms with Gasteiger partial charge in [0.1, 0.15) is 0 Å². The summed E-state index contributed by atoms with van der Waals surface area (Å²) in [6, 6.07) is 50.0. The lowest BCUT2D eigenvalue weighted by atomic mass is 9.97. The first-order chi connectivity index (χ1) is 32.0. The number of benzene rings is 6. The van der Waals surface area contributed by atoms with E-state index in [4.69, 9.17) is 0 Å². The Morgan fingerprint density at radius 1 is 0.303 bits per heavy atom. The van der Waals surface area contributed by atoms with E-state index in [9.17, 15) is 0 Å². The van der Waals surface area contributed by atoms with Crippen molar-refractivity contribution in [2.45, 2.75) is 128 Å². The highest BCUT2D eigenvalue weighted by atomic mass is 28.3. The molecule has 0 N–H and O–H groups in total. The van der Waals surface area contributed by atoms with Gasteiger partial charge in [-0.2, -0.15) is 0 Å². The quantitative estimate of drug-likeness (QED) is 0.107. The van der Waals surface area contributed by atoms with Crippen LogP contribution in [0.25, 0.3) is 46.6 Å². The van der Waals surface area contributed by atoms with E-state index in [1.54, 1.807) is 55.7 Å². The van der Waals surface area contributed by atoms with Gasteiger partial charge in [0.05, 0.1) is 16.1 Å². The van der Waals surface area contributed by atoms with Crippen LogP contribution in [0.5, 0.6) is 0 Å². The van der Waals surface area contributed by atoms with Crippen molar-refractivity contribution in [3.05, 3.63) is 211 Å². The van der Waals surface area contributed by atoms with Crippen LogP contribution < -0.4 is 0 Å². The molecule has 10 rings (SSSR count). The van der Waals surface area contributed by atoms with Crippen molar-refractivity contribution in [1.29, 1.82) is 0 Å². The monoisotopic (exact) mass is 897 g/mol. The van der Waals surface area contributed by atoms with E-state index in [2.05, 4.69) is 225 Å². The fourth-order valence-electron chi connectivity index (χ4n) is 13.4. The van der Waals surface area contributed by atoms with Crippen LogP contribution >= 0.6 is 0 Å². The van der Waals surface area contributed by atoms with Crippen molar-refractivity contribution >= 4 is 40.5 Å². The summed E-state index contributed by atoms with van der Waals surface area (Å²) in [5.74, 6) is 0. The van der Waals surface area contributed by atoms with E-state index in [1.165, 1.54) is 57.3 Å². The predicted octanol–water partition coefficient (Wildman–Crippen LogP) is 18.4. The molecule has 0 bridgehead atoms. The van der Waals surface area contributed by atoms with Gasteiger partial charge in [-0.1, -0.05) is 248 Å². The highest BCUT2D eigenvalue weighted by Gasteiger charge is 2.49. The molecule has 0 fully saturated rings. The van der Waals surface area contributed by atoms with Crippen LogP contribution in [0.2, 0.25) is 26.2 Å². The summed E-state index contributed by atoms with van der Waals surface area (Å²) in [6.45, 7) is 24.6. The SMILES string of the molecule is CCC1=Cc2c(-c3ccccc3)cccc2C1[Si](C)(C)C1C(CC)=Cc2c(-c3ccccc3)cccc21.CCC1=Cc2c(CC)cccc2C1[Si](C)(C)C1C(CC)=Cc2c(CC)cccc21. The van der Waals surface area contributed by atoms with Crippen LogP contribution in [0, 0.1) is 0 Å². The summed E-state index contributed by atoms with van der Waals surface area (Å²) in [6.07, 6.45) is 17.0. The molecule has 4 unspecified atom stereocenters. The van der Waals surface area contributed by atoms with Crippen molar-refractivity contribution in [1.82, 2.24) is 0 Å². The van der Waals surface area contributed by atoms with Gasteiger partial charge in [0.25, 0.3) is 0 Å². The Morgan fingerprint density at radius 3 is 0.894 bits per heavy atom. The molecule has 0 saturated heterocycles. The molecule has 0 spiro atoms. The molecular weight excluding hydrogens is 825 g/mol. The van der Waals surface area contributed by atoms with E-state index in [-0.39, 0.29) is 0 Å². The predicted molar refractivity (Wildman–Crippen MR) is 294 cm³/mol. The van der Waals surface area contributed by atoms with Gasteiger partial charge < -0.3 is 0 Å². The van der Waals surface area contributed by atoms with Crippen molar-refractivity contribution in [2.24, 2.45) is 0 Å². The first kappa shape index (κ1) is 45.9. The Hall–Kier alpha value is -5.29. The minimum Gasteiger partial charge on any atom is -0.0679 e. The van der Waals surface area contributed by atoms with Crippen molar-refractivity contribution in [2.75, 3.05) is 0 Å². The molecule has 0 aromatic heterocycles. The molecule has 0 aliphatic heterocycles. The van der Waals surface area contributed by atoms with Crippen LogP contribution in [0.4, 0.5) is 0 Å². The molecule has 0 saturated carbocycles. The van der Waals surface area contributed by atoms with Gasteiger partial charge in [0, 0.05) is 22.2 Å². The molecule has 66 heavy (non-hydrogen) atoms. The number of hydrogen-bond acceptors (Lipinski definition) is 0. The van der Waals surface area contributed by atoms with Crippen molar-refractivity contribution in [3.63, 3.8) is 0 Å². The van der Waals surface area contributed by atoms with Crippen LogP contribution in [0.1, 0.15) is 145 Å². The Bertz CT molecular complexity index is 2690. The smallest absolute Gasteiger partial charge is 0.0679 e. The zero-order chi connectivity index (χ0) is 46.3. The summed E-state index contributed by atoms with van der Waals surface area (Å²) in [5, 5.41) is 0. The lowest BCUT2D eigenvalue weighted by molar-refractivity contribution is 0.896. The van der Waals surface area contributed by atoms with Gasteiger partial charge in [-0.3, -0.25) is 0 Å². The van der Waals surface area contributed by atoms with Crippen LogP contribution in [0.15, 0.2) is 156 Å². The highest BCUT2D eigenvalue weighted by molar-refractivity contribution is 6.82. The Labute approximate surface area is 400 Å². The van der Waals surface area contributed by atoms with Crippen molar-refractivity contribution < 1.29 is 0 Å². The second-order valence-electron chi connectivity index (χ2n) is 20.6. The minimum atomic E-state index is -1.89. The summed E-state index contributed by atoms with van der Waals surface area (Å²) in [4.78, 5) is 0. The molecule has 6 aromatic rings. The lowest BCUT2D eigenvalue weighted by Crippen LogP contribution is -2.42. The number of fused-ring (bicyclic) bond motifs is 4. The minimum absolute atomic E-state index is 0.530. The van der Waals surface area contributed by atoms with Gasteiger partial charge in [-0.25, -0.2) is 0 Å². The first-order valence-electron chi connectivity index (χ1n) is 25.4. The topological polar surface area (TPSA) is 0 Å². The second-order valence-corrected chi connectivity index (χ2v) is 30.2. The molecule has 336 valence electrons. The Morgan fingerprint density at radius 2 is 0.591 bits per heavy atom. The third-order valence-corrected chi connectivity index (χ3v) is 25.0. The number of rotatable bonds is 12. The average Bonchev–Trinajstić information content (AvgIpc) is 4.14. The molecular formula is C64H72Si2. The maximum Gasteiger partial charge on any atom is 0.0722 e. The van der Waals surface area contributed by atoms with Gasteiger partial charge in [0.15, 0.2) is 0 Å². The molecule has 0 nitrogen and oxygen atoms in total. The van der Waals surface area contributed by atoms with Gasteiger partial charge >= 0.3 is 0 Å². The zero-order valence-electron chi connectivity index (χ0n) is 41.6. The number of allylic oxidation sites excluding steroid dienone is 4. The fourth-order valence-corrected chi connectivity index (χ4v) is 23.3. The third kappa shape index (κ3) is 7.76. The van der Waals surface area contributed by atoms with Crippen LogP contribution in [-0.4, -0.2) is 16.1 Å². The summed E-state index contributed by atoms with van der Waals surface area (Å²) >= 11 is 0. The average molecular weight is 897 g/mol. The van der Waals surface area contributed by atoms with E-state index in [1.807, 2.05) is 0 Å². The zero-order valence-corrected chi connectivity index (χ0v) is 43.6. The molecule has 2 heteroatoms. The molecule has 6 aromatic carbocycles. The van der Waals surface area contributed by atoms with Crippen LogP contribution in [-0.2, 0) is 12.8 Å². The van der Waals surface area contributed by atoms with Crippen LogP contribution in [0.3, 0.4) is 0 Å². The van der Waals surface area contributed by atoms with E-state index in [0.717, 1.165) is 25.7 Å². The Balaban J connectivity index is 0.000000171. The summed E-state index contributed by atoms with van der Waals surface area (Å²) < 4.78 is 0. The third-order valence-electron chi connectivity index (χ3n) is 16.3. The fraction of sp³-hybridized carbons (Fsp3) is 0.312. The molecule has 4 atom stereocenters. The van der Waals surface area contributed by atoms with Crippen molar-refractivity contribution in [3.8, 4) is 22.3 Å². The lowest BCUT2D eigenvalue weighted by Gasteiger charge is -2.40. The largest absolute Gasteiger partial charge is 0.0722 e. The van der Waals surface area contributed by atoms with Gasteiger partial charge in [0.2, 0.25) is 0 Å². The molecule has 4 aliphatic rings. The number of hydrogen-bond donors (Lipinski definition) is 0. The maximum absolute atomic E-state index is 2.66. The summed E-state index contributed by atoms with van der Waals surface area (Å²) in [7, 11) is -3.61. The molecule has 0 heterocycles. The maximum atomic E-state index is 2.66. The molecule has 0 radical (unpaired) electrons. The van der Waals surface area contributed by atoms with E-state index < -0.39 is 16.1 Å². The highest BCUT2D eigenvalue weighted by Crippen LogP contribution is 2.57. The first-order valence-corrected chi connectivity index (χ1v) is 31.7. The van der Waals surface area contributed by atoms with Gasteiger partial charge in [-0.15, -0.1) is 0 Å². The standard InChI is InChI=1S/C36H36Si.C28H36Si/c1-5-25-23-33-29(27-15-9-7-10-16-27)19-13-21-31(33)35(25)37(3,4)36-26(6-2)24-34-30(20-14-22-32(34)36)28-17-11-8-12-18-28;1-7-19-13-11-15-23-25(19)17-21(9-3)27(23)29(5,6)28-22(10-4)18-26-20(8-2)14-12-16-24(26)28/h7-24,35-36H,5-6H2,1-4H3;11-18,27-28H,7-10H2,1-6H3. The van der Waals surface area contributed by atoms with E-state index in [0.29, 0.717) is 22.2 Å². The second kappa shape index (κ2) is 18.8. The molecule has 4 aliphatic carbocycles. The van der Waals surface area contributed by atoms with Gasteiger partial charge in [-0.05, 0) is 116 Å². The molecule has 0 amide bonds. The number of aryl methyl sites for hydroxylation is 2. The summed E-state index contributed by atoms with van der Waals surface area (Å²) in [5.41, 5.74) is 29.7. The normalized spacial score (nSPS) is 19.2. The Kier molecular flexibility index (Phi) is 13.0.